The van der Waals surface area contributed by atoms with Gasteiger partial charge in [0.05, 0.1) is 6.21 Å². The number of rotatable bonds is 7. The van der Waals surface area contributed by atoms with Crippen molar-refractivity contribution in [2.24, 2.45) is 5.10 Å². The van der Waals surface area contributed by atoms with Crippen LogP contribution in [0.4, 0.5) is 0 Å². The summed E-state index contributed by atoms with van der Waals surface area (Å²) >= 11 is 12.1. The predicted octanol–water partition coefficient (Wildman–Crippen LogP) is 4.65. The normalized spacial score (nSPS) is 10.7. The van der Waals surface area contributed by atoms with E-state index in [9.17, 15) is 9.59 Å². The van der Waals surface area contributed by atoms with Crippen molar-refractivity contribution in [2.45, 2.75) is 20.1 Å². The quantitative estimate of drug-likeness (QED) is 0.300. The van der Waals surface area contributed by atoms with E-state index in [2.05, 4.69) is 15.8 Å². The largest absolute Gasteiger partial charge is 0.489 e. The lowest BCUT2D eigenvalue weighted by atomic mass is 10.1. The summed E-state index contributed by atoms with van der Waals surface area (Å²) in [6.45, 7) is 2.51. The third kappa shape index (κ3) is 7.11. The van der Waals surface area contributed by atoms with E-state index in [0.717, 1.165) is 16.7 Å². The molecule has 0 aliphatic heterocycles. The van der Waals surface area contributed by atoms with Crippen LogP contribution >= 0.6 is 23.2 Å². The standard InChI is InChI=1S/C24H21Cl2N3O3/c1-16-5-7-17(8-6-16)13-27-23(30)24(31)29-28-14-18-3-2-4-21(11-18)32-15-19-9-10-20(25)12-22(19)26/h2-12,14H,13,15H2,1H3,(H,27,30)(H,29,31)/b28-14-. The number of hydrogen-bond donors (Lipinski definition) is 2. The van der Waals surface area contributed by atoms with E-state index in [1.54, 1.807) is 42.5 Å². The fraction of sp³-hybridized carbons (Fsp3) is 0.125. The van der Waals surface area contributed by atoms with Gasteiger partial charge in [0.25, 0.3) is 0 Å². The first kappa shape index (κ1) is 23.3. The molecule has 0 heterocycles. The summed E-state index contributed by atoms with van der Waals surface area (Å²) in [6.07, 6.45) is 1.42. The SMILES string of the molecule is Cc1ccc(CNC(=O)C(=O)N/N=C\c2cccc(OCc3ccc(Cl)cc3Cl)c2)cc1. The van der Waals surface area contributed by atoms with Crippen molar-refractivity contribution in [1.29, 1.82) is 0 Å². The number of hydrogen-bond acceptors (Lipinski definition) is 4. The molecule has 0 saturated carbocycles. The minimum atomic E-state index is -0.849. The number of nitrogens with one attached hydrogen (secondary N) is 2. The van der Waals surface area contributed by atoms with Gasteiger partial charge in [0.15, 0.2) is 0 Å². The zero-order valence-corrected chi connectivity index (χ0v) is 18.8. The highest BCUT2D eigenvalue weighted by atomic mass is 35.5. The Morgan fingerprint density at radius 2 is 1.78 bits per heavy atom. The first-order valence-electron chi connectivity index (χ1n) is 9.74. The van der Waals surface area contributed by atoms with E-state index in [0.29, 0.717) is 21.4 Å². The number of nitrogens with zero attached hydrogens (tertiary/aromatic N) is 1. The summed E-state index contributed by atoms with van der Waals surface area (Å²) in [5, 5.41) is 7.47. The van der Waals surface area contributed by atoms with Crippen LogP contribution < -0.4 is 15.5 Å². The summed E-state index contributed by atoms with van der Waals surface area (Å²) in [5.41, 5.74) is 5.72. The van der Waals surface area contributed by atoms with Crippen molar-refractivity contribution in [1.82, 2.24) is 10.7 Å². The third-order valence-electron chi connectivity index (χ3n) is 4.43. The summed E-state index contributed by atoms with van der Waals surface area (Å²) in [7, 11) is 0. The average molecular weight is 470 g/mol. The first-order chi connectivity index (χ1) is 15.4. The van der Waals surface area contributed by atoms with Gasteiger partial charge >= 0.3 is 11.8 Å². The Balaban J connectivity index is 1.48. The van der Waals surface area contributed by atoms with Gasteiger partial charge in [-0.1, -0.05) is 71.2 Å². The van der Waals surface area contributed by atoms with Crippen LogP contribution in [-0.2, 0) is 22.7 Å². The number of halogens is 2. The molecular weight excluding hydrogens is 449 g/mol. The Morgan fingerprint density at radius 3 is 2.53 bits per heavy atom. The minimum Gasteiger partial charge on any atom is -0.489 e. The van der Waals surface area contributed by atoms with Crippen molar-refractivity contribution in [3.8, 4) is 5.75 Å². The van der Waals surface area contributed by atoms with Crippen LogP contribution in [0.3, 0.4) is 0 Å². The molecule has 0 bridgehead atoms. The molecule has 3 aromatic carbocycles. The van der Waals surface area contributed by atoms with Gasteiger partial charge in [0.1, 0.15) is 12.4 Å². The van der Waals surface area contributed by atoms with Crippen molar-refractivity contribution >= 4 is 41.2 Å². The fourth-order valence-electron chi connectivity index (χ4n) is 2.67. The Labute approximate surface area is 196 Å². The van der Waals surface area contributed by atoms with Crippen LogP contribution in [0.1, 0.15) is 22.3 Å². The molecule has 0 radical (unpaired) electrons. The highest BCUT2D eigenvalue weighted by Gasteiger charge is 2.11. The van der Waals surface area contributed by atoms with Gasteiger partial charge in [0, 0.05) is 22.2 Å². The highest BCUT2D eigenvalue weighted by molar-refractivity contribution is 6.35. The molecule has 164 valence electrons. The molecular formula is C24H21Cl2N3O3. The summed E-state index contributed by atoms with van der Waals surface area (Å²) in [4.78, 5) is 23.8. The molecule has 8 heteroatoms. The maximum atomic E-state index is 11.9. The summed E-state index contributed by atoms with van der Waals surface area (Å²) < 4.78 is 5.76. The number of aryl methyl sites for hydroxylation is 1. The third-order valence-corrected chi connectivity index (χ3v) is 5.01. The maximum Gasteiger partial charge on any atom is 0.329 e. The first-order valence-corrected chi connectivity index (χ1v) is 10.5. The molecule has 0 unspecified atom stereocenters. The number of ether oxygens (including phenoxy) is 1. The monoisotopic (exact) mass is 469 g/mol. The number of benzene rings is 3. The number of amides is 2. The highest BCUT2D eigenvalue weighted by Crippen LogP contribution is 2.23. The van der Waals surface area contributed by atoms with Crippen molar-refractivity contribution < 1.29 is 14.3 Å². The van der Waals surface area contributed by atoms with Gasteiger partial charge in [-0.05, 0) is 42.3 Å². The molecule has 3 rings (SSSR count). The number of carbonyl (C=O) groups excluding carboxylic acids is 2. The van der Waals surface area contributed by atoms with Gasteiger partial charge in [-0.25, -0.2) is 5.43 Å². The van der Waals surface area contributed by atoms with Gasteiger partial charge in [-0.2, -0.15) is 5.10 Å². The minimum absolute atomic E-state index is 0.257. The molecule has 0 saturated heterocycles. The van der Waals surface area contributed by atoms with Crippen LogP contribution in [0.15, 0.2) is 71.8 Å². The van der Waals surface area contributed by atoms with Gasteiger partial charge < -0.3 is 10.1 Å². The molecule has 32 heavy (non-hydrogen) atoms. The average Bonchev–Trinajstić information content (AvgIpc) is 2.78. The molecule has 6 nitrogen and oxygen atoms in total. The summed E-state index contributed by atoms with van der Waals surface area (Å²) in [6, 6.07) is 20.0. The van der Waals surface area contributed by atoms with Crippen LogP contribution in [0.2, 0.25) is 10.0 Å². The Morgan fingerprint density at radius 1 is 1.00 bits per heavy atom. The topological polar surface area (TPSA) is 79.8 Å². The van der Waals surface area contributed by atoms with E-state index >= 15 is 0 Å². The zero-order chi connectivity index (χ0) is 22.9. The Kier molecular flexibility index (Phi) is 8.25. The van der Waals surface area contributed by atoms with E-state index < -0.39 is 11.8 Å². The fourth-order valence-corrected chi connectivity index (χ4v) is 3.13. The molecule has 0 aromatic heterocycles. The molecule has 2 N–H and O–H groups in total. The van der Waals surface area contributed by atoms with E-state index in [4.69, 9.17) is 27.9 Å². The van der Waals surface area contributed by atoms with Gasteiger partial charge in [-0.15, -0.1) is 0 Å². The molecule has 3 aromatic rings. The van der Waals surface area contributed by atoms with E-state index in [1.807, 2.05) is 31.2 Å². The van der Waals surface area contributed by atoms with Gasteiger partial charge in [-0.3, -0.25) is 9.59 Å². The van der Waals surface area contributed by atoms with Crippen molar-refractivity contribution in [2.75, 3.05) is 0 Å². The molecule has 0 aliphatic carbocycles. The van der Waals surface area contributed by atoms with Crippen molar-refractivity contribution in [3.63, 3.8) is 0 Å². The van der Waals surface area contributed by atoms with Crippen LogP contribution in [0.5, 0.6) is 5.75 Å². The lowest BCUT2D eigenvalue weighted by Crippen LogP contribution is -2.37. The van der Waals surface area contributed by atoms with Crippen LogP contribution in [0, 0.1) is 6.92 Å². The summed E-state index contributed by atoms with van der Waals surface area (Å²) in [5.74, 6) is -1.01. The van der Waals surface area contributed by atoms with Crippen LogP contribution in [0.25, 0.3) is 0 Å². The Hall–Kier alpha value is -3.35. The van der Waals surface area contributed by atoms with E-state index in [1.165, 1.54) is 6.21 Å². The van der Waals surface area contributed by atoms with Crippen LogP contribution in [-0.4, -0.2) is 18.0 Å². The smallest absolute Gasteiger partial charge is 0.329 e. The molecule has 0 fully saturated rings. The molecule has 2 amide bonds. The second kappa shape index (κ2) is 11.3. The van der Waals surface area contributed by atoms with E-state index in [-0.39, 0.29) is 13.2 Å². The zero-order valence-electron chi connectivity index (χ0n) is 17.3. The Bertz CT molecular complexity index is 1130. The lowest BCUT2D eigenvalue weighted by Gasteiger charge is -2.08. The number of carbonyl (C=O) groups is 2. The molecule has 0 spiro atoms. The number of hydrazone groups is 1. The van der Waals surface area contributed by atoms with Gasteiger partial charge in [0.2, 0.25) is 0 Å². The van der Waals surface area contributed by atoms with Crippen molar-refractivity contribution in [3.05, 3.63) is 99.0 Å². The lowest BCUT2D eigenvalue weighted by molar-refractivity contribution is -0.139. The predicted molar refractivity (Wildman–Crippen MR) is 126 cm³/mol. The second-order valence-electron chi connectivity index (χ2n) is 6.96. The molecule has 0 atom stereocenters. The molecule has 0 aliphatic rings. The second-order valence-corrected chi connectivity index (χ2v) is 7.81. The maximum absolute atomic E-state index is 11.9.